The second kappa shape index (κ2) is 8.43. The van der Waals surface area contributed by atoms with E-state index in [1.54, 1.807) is 0 Å². The summed E-state index contributed by atoms with van der Waals surface area (Å²) in [4.78, 5) is 0. The summed E-state index contributed by atoms with van der Waals surface area (Å²) in [5.41, 5.74) is 1.13. The van der Waals surface area contributed by atoms with Crippen molar-refractivity contribution in [2.75, 3.05) is 19.8 Å². The molecule has 1 aromatic carbocycles. The summed E-state index contributed by atoms with van der Waals surface area (Å²) in [7, 11) is 0. The monoisotopic (exact) mass is 230 g/mol. The van der Waals surface area contributed by atoms with Crippen LogP contribution < -0.4 is 4.74 Å². The Labute approximate surface area is 103 Å². The summed E-state index contributed by atoms with van der Waals surface area (Å²) in [6.45, 7) is 3.87. The fraction of sp³-hybridized carbons (Fsp3) is 0.333. The highest BCUT2D eigenvalue weighted by atomic mass is 16.5. The van der Waals surface area contributed by atoms with E-state index in [0.29, 0.717) is 26.2 Å². The first-order chi connectivity index (χ1) is 8.36. The third-order valence-electron chi connectivity index (χ3n) is 2.11. The fourth-order valence-electron chi connectivity index (χ4n) is 1.31. The number of rotatable bonds is 7. The van der Waals surface area contributed by atoms with Gasteiger partial charge in [-0.05, 0) is 24.6 Å². The van der Waals surface area contributed by atoms with Crippen molar-refractivity contribution in [3.05, 3.63) is 35.9 Å². The minimum atomic E-state index is 0.592. The molecule has 0 aromatic heterocycles. The summed E-state index contributed by atoms with van der Waals surface area (Å²) in [6.07, 6.45) is 9.77. The molecule has 0 N–H and O–H groups in total. The predicted octanol–water partition coefficient (Wildman–Crippen LogP) is 3.14. The molecule has 2 nitrogen and oxygen atoms in total. The topological polar surface area (TPSA) is 18.5 Å². The Morgan fingerprint density at radius 1 is 1.29 bits per heavy atom. The molecule has 0 bridgehead atoms. The molecule has 0 saturated heterocycles. The van der Waals surface area contributed by atoms with E-state index in [1.165, 1.54) is 0 Å². The van der Waals surface area contributed by atoms with Crippen LogP contribution in [-0.2, 0) is 4.74 Å². The van der Waals surface area contributed by atoms with Gasteiger partial charge in [0, 0.05) is 6.42 Å². The van der Waals surface area contributed by atoms with E-state index in [2.05, 4.69) is 5.92 Å². The van der Waals surface area contributed by atoms with Gasteiger partial charge >= 0.3 is 0 Å². The second-order valence-corrected chi connectivity index (χ2v) is 3.43. The Bertz CT molecular complexity index is 371. The van der Waals surface area contributed by atoms with E-state index in [-0.39, 0.29) is 0 Å². The lowest BCUT2D eigenvalue weighted by Gasteiger charge is -2.02. The molecular weight excluding hydrogens is 212 g/mol. The molecule has 1 rings (SSSR count). The Morgan fingerprint density at radius 3 is 2.71 bits per heavy atom. The lowest BCUT2D eigenvalue weighted by atomic mass is 10.2. The molecule has 0 spiro atoms. The van der Waals surface area contributed by atoms with Crippen LogP contribution in [0, 0.1) is 12.3 Å². The predicted molar refractivity (Wildman–Crippen MR) is 70.9 cm³/mol. The molecule has 0 aliphatic rings. The van der Waals surface area contributed by atoms with Crippen LogP contribution in [0.15, 0.2) is 30.3 Å². The standard InChI is InChI=1S/C15H18O2/c1-3-5-12-16-13-6-7-14-8-10-15(11-9-14)17-4-2/h1,6-11H,4-5,12-13H2,2H3. The van der Waals surface area contributed by atoms with Crippen LogP contribution in [-0.4, -0.2) is 19.8 Å². The Kier molecular flexibility index (Phi) is 6.62. The third kappa shape index (κ3) is 5.79. The van der Waals surface area contributed by atoms with Gasteiger partial charge in [-0.1, -0.05) is 24.3 Å². The maximum absolute atomic E-state index is 5.36. The van der Waals surface area contributed by atoms with Gasteiger partial charge in [-0.2, -0.15) is 0 Å². The highest BCUT2D eigenvalue weighted by molar-refractivity contribution is 5.50. The second-order valence-electron chi connectivity index (χ2n) is 3.43. The summed E-state index contributed by atoms with van der Waals surface area (Å²) in [5, 5.41) is 0. The highest BCUT2D eigenvalue weighted by Crippen LogP contribution is 2.12. The quantitative estimate of drug-likeness (QED) is 0.529. The van der Waals surface area contributed by atoms with E-state index >= 15 is 0 Å². The van der Waals surface area contributed by atoms with E-state index < -0.39 is 0 Å². The SMILES string of the molecule is C#CCCOCC=Cc1ccc(OCC)cc1. The summed E-state index contributed by atoms with van der Waals surface area (Å²) >= 11 is 0. The van der Waals surface area contributed by atoms with Crippen LogP contribution in [0.25, 0.3) is 6.08 Å². The summed E-state index contributed by atoms with van der Waals surface area (Å²) in [6, 6.07) is 7.95. The molecule has 0 radical (unpaired) electrons. The molecule has 1 aromatic rings. The van der Waals surface area contributed by atoms with Gasteiger partial charge in [0.2, 0.25) is 0 Å². The molecule has 0 aliphatic heterocycles. The largest absolute Gasteiger partial charge is 0.494 e. The number of hydrogen-bond acceptors (Lipinski definition) is 2. The molecule has 90 valence electrons. The fourth-order valence-corrected chi connectivity index (χ4v) is 1.31. The Hall–Kier alpha value is -1.72. The molecule has 2 heteroatoms. The first kappa shape index (κ1) is 13.3. The van der Waals surface area contributed by atoms with Crippen molar-refractivity contribution < 1.29 is 9.47 Å². The molecule has 0 aliphatic carbocycles. The van der Waals surface area contributed by atoms with Gasteiger partial charge in [0.05, 0.1) is 19.8 Å². The third-order valence-corrected chi connectivity index (χ3v) is 2.11. The van der Waals surface area contributed by atoms with Crippen LogP contribution in [0.1, 0.15) is 18.9 Å². The zero-order valence-corrected chi connectivity index (χ0v) is 10.2. The van der Waals surface area contributed by atoms with Crippen LogP contribution in [0.5, 0.6) is 5.75 Å². The zero-order valence-electron chi connectivity index (χ0n) is 10.2. The van der Waals surface area contributed by atoms with Gasteiger partial charge in [0.1, 0.15) is 5.75 Å². The Balaban J connectivity index is 2.31. The number of benzene rings is 1. The molecule has 0 heterocycles. The lowest BCUT2D eigenvalue weighted by molar-refractivity contribution is 0.169. The molecule has 0 unspecified atom stereocenters. The molecule has 0 atom stereocenters. The Morgan fingerprint density at radius 2 is 2.06 bits per heavy atom. The minimum Gasteiger partial charge on any atom is -0.494 e. The van der Waals surface area contributed by atoms with Crippen molar-refractivity contribution in [2.45, 2.75) is 13.3 Å². The average Bonchev–Trinajstić information content (AvgIpc) is 2.36. The minimum absolute atomic E-state index is 0.592. The molecule has 17 heavy (non-hydrogen) atoms. The van der Waals surface area contributed by atoms with Gasteiger partial charge in [0.15, 0.2) is 0 Å². The molecule has 0 amide bonds. The van der Waals surface area contributed by atoms with Crippen molar-refractivity contribution in [1.29, 1.82) is 0 Å². The maximum atomic E-state index is 5.36. The molecule has 0 saturated carbocycles. The summed E-state index contributed by atoms with van der Waals surface area (Å²) in [5.74, 6) is 3.43. The van der Waals surface area contributed by atoms with Gasteiger partial charge in [-0.15, -0.1) is 12.3 Å². The van der Waals surface area contributed by atoms with E-state index in [0.717, 1.165) is 11.3 Å². The van der Waals surface area contributed by atoms with Gasteiger partial charge in [0.25, 0.3) is 0 Å². The van der Waals surface area contributed by atoms with E-state index in [4.69, 9.17) is 15.9 Å². The molecule has 0 fully saturated rings. The van der Waals surface area contributed by atoms with Crippen molar-refractivity contribution in [3.63, 3.8) is 0 Å². The van der Waals surface area contributed by atoms with Crippen molar-refractivity contribution in [1.82, 2.24) is 0 Å². The number of terminal acetylenes is 1. The first-order valence-corrected chi connectivity index (χ1v) is 5.77. The van der Waals surface area contributed by atoms with Crippen LogP contribution >= 0.6 is 0 Å². The number of ether oxygens (including phenoxy) is 2. The normalized spacial score (nSPS) is 10.4. The van der Waals surface area contributed by atoms with Crippen LogP contribution in [0.2, 0.25) is 0 Å². The van der Waals surface area contributed by atoms with Crippen molar-refractivity contribution >= 4 is 6.08 Å². The number of hydrogen-bond donors (Lipinski definition) is 0. The molecular formula is C15H18O2. The zero-order chi connectivity index (χ0) is 12.3. The van der Waals surface area contributed by atoms with E-state index in [9.17, 15) is 0 Å². The average molecular weight is 230 g/mol. The van der Waals surface area contributed by atoms with Gasteiger partial charge in [-0.3, -0.25) is 0 Å². The highest BCUT2D eigenvalue weighted by Gasteiger charge is 1.91. The summed E-state index contributed by atoms with van der Waals surface area (Å²) < 4.78 is 10.7. The van der Waals surface area contributed by atoms with Gasteiger partial charge in [-0.25, -0.2) is 0 Å². The first-order valence-electron chi connectivity index (χ1n) is 5.77. The van der Waals surface area contributed by atoms with E-state index in [1.807, 2.05) is 43.3 Å². The lowest BCUT2D eigenvalue weighted by Crippen LogP contribution is -1.92. The van der Waals surface area contributed by atoms with Crippen LogP contribution in [0.4, 0.5) is 0 Å². The maximum Gasteiger partial charge on any atom is 0.119 e. The van der Waals surface area contributed by atoms with Crippen molar-refractivity contribution in [3.8, 4) is 18.1 Å². The van der Waals surface area contributed by atoms with Crippen LogP contribution in [0.3, 0.4) is 0 Å². The smallest absolute Gasteiger partial charge is 0.119 e. The van der Waals surface area contributed by atoms with Crippen molar-refractivity contribution in [2.24, 2.45) is 0 Å². The van der Waals surface area contributed by atoms with Gasteiger partial charge < -0.3 is 9.47 Å².